The molecule has 3 aromatic rings. The molecule has 1 unspecified atom stereocenters. The Labute approximate surface area is 130 Å². The first-order chi connectivity index (χ1) is 10.4. The summed E-state index contributed by atoms with van der Waals surface area (Å²) in [5.41, 5.74) is 2.10. The Morgan fingerprint density at radius 3 is 2.55 bits per heavy atom. The maximum atomic E-state index is 4.58. The summed E-state index contributed by atoms with van der Waals surface area (Å²) in [5, 5.41) is 7.81. The third kappa shape index (κ3) is 2.79. The standard InChI is InChI=1S/C17H21N5/c1-12(17(2,3)4)20-15-10-14(13-8-6-5-7-9-13)21-16-18-11-19-22(15)16/h5-12,20H,1-4H3. The zero-order valence-electron chi connectivity index (χ0n) is 13.4. The van der Waals surface area contributed by atoms with Crippen molar-refractivity contribution in [2.75, 3.05) is 5.32 Å². The van der Waals surface area contributed by atoms with Crippen molar-refractivity contribution in [2.24, 2.45) is 5.41 Å². The Hall–Kier alpha value is -2.43. The number of nitrogens with zero attached hydrogens (tertiary/aromatic N) is 4. The highest BCUT2D eigenvalue weighted by Crippen LogP contribution is 2.25. The molecule has 0 aliphatic carbocycles. The lowest BCUT2D eigenvalue weighted by Gasteiger charge is -2.29. The van der Waals surface area contributed by atoms with E-state index in [9.17, 15) is 0 Å². The van der Waals surface area contributed by atoms with E-state index in [4.69, 9.17) is 0 Å². The second-order valence-electron chi connectivity index (χ2n) is 6.60. The van der Waals surface area contributed by atoms with Crippen molar-refractivity contribution in [3.05, 3.63) is 42.7 Å². The molecular formula is C17H21N5. The van der Waals surface area contributed by atoms with Crippen LogP contribution in [0, 0.1) is 5.41 Å². The molecule has 0 saturated carbocycles. The number of nitrogens with one attached hydrogen (secondary N) is 1. The zero-order valence-corrected chi connectivity index (χ0v) is 13.4. The van der Waals surface area contributed by atoms with Gasteiger partial charge in [0.2, 0.25) is 0 Å². The molecule has 0 radical (unpaired) electrons. The van der Waals surface area contributed by atoms with Gasteiger partial charge in [-0.2, -0.15) is 14.6 Å². The Morgan fingerprint density at radius 1 is 1.14 bits per heavy atom. The average molecular weight is 295 g/mol. The molecule has 2 aromatic heterocycles. The van der Waals surface area contributed by atoms with Crippen LogP contribution in [0.2, 0.25) is 0 Å². The first kappa shape index (κ1) is 14.5. The van der Waals surface area contributed by atoms with E-state index >= 15 is 0 Å². The fraction of sp³-hybridized carbons (Fsp3) is 0.353. The highest BCUT2D eigenvalue weighted by Gasteiger charge is 2.21. The minimum atomic E-state index is 0.142. The van der Waals surface area contributed by atoms with E-state index in [0.717, 1.165) is 17.1 Å². The van der Waals surface area contributed by atoms with Gasteiger partial charge in [0.25, 0.3) is 5.78 Å². The van der Waals surface area contributed by atoms with Crippen molar-refractivity contribution in [1.82, 2.24) is 19.6 Å². The largest absolute Gasteiger partial charge is 0.367 e. The predicted octanol–water partition coefficient (Wildman–Crippen LogP) is 3.64. The maximum Gasteiger partial charge on any atom is 0.254 e. The van der Waals surface area contributed by atoms with Gasteiger partial charge < -0.3 is 5.32 Å². The molecule has 5 heteroatoms. The molecule has 22 heavy (non-hydrogen) atoms. The van der Waals surface area contributed by atoms with Crippen LogP contribution in [0.3, 0.4) is 0 Å². The van der Waals surface area contributed by atoms with Crippen LogP contribution in [0.4, 0.5) is 5.82 Å². The summed E-state index contributed by atoms with van der Waals surface area (Å²) in [6.07, 6.45) is 1.53. The van der Waals surface area contributed by atoms with E-state index in [1.807, 2.05) is 36.4 Å². The Bertz CT molecular complexity index is 771. The van der Waals surface area contributed by atoms with Crippen LogP contribution in [0.1, 0.15) is 27.7 Å². The lowest BCUT2D eigenvalue weighted by molar-refractivity contribution is 0.358. The molecule has 0 amide bonds. The Balaban J connectivity index is 2.07. The first-order valence-corrected chi connectivity index (χ1v) is 7.48. The molecular weight excluding hydrogens is 274 g/mol. The minimum Gasteiger partial charge on any atom is -0.367 e. The molecule has 2 heterocycles. The summed E-state index contributed by atoms with van der Waals surface area (Å²) in [5.74, 6) is 1.51. The van der Waals surface area contributed by atoms with Gasteiger partial charge in [-0.1, -0.05) is 51.1 Å². The Morgan fingerprint density at radius 2 is 1.86 bits per heavy atom. The molecule has 0 spiro atoms. The van der Waals surface area contributed by atoms with Crippen LogP contribution in [0.25, 0.3) is 17.0 Å². The van der Waals surface area contributed by atoms with Gasteiger partial charge in [-0.05, 0) is 12.3 Å². The van der Waals surface area contributed by atoms with E-state index in [-0.39, 0.29) is 11.5 Å². The number of benzene rings is 1. The topological polar surface area (TPSA) is 55.1 Å². The van der Waals surface area contributed by atoms with Gasteiger partial charge in [-0.25, -0.2) is 4.98 Å². The minimum absolute atomic E-state index is 0.142. The molecule has 0 fully saturated rings. The van der Waals surface area contributed by atoms with Crippen molar-refractivity contribution in [3.8, 4) is 11.3 Å². The van der Waals surface area contributed by atoms with Gasteiger partial charge in [-0.15, -0.1) is 0 Å². The fourth-order valence-electron chi connectivity index (χ4n) is 2.11. The summed E-state index contributed by atoms with van der Waals surface area (Å²) in [6.45, 7) is 8.80. The van der Waals surface area contributed by atoms with Crippen molar-refractivity contribution in [2.45, 2.75) is 33.7 Å². The lowest BCUT2D eigenvalue weighted by atomic mass is 9.88. The molecule has 1 aromatic carbocycles. The molecule has 0 aliphatic rings. The van der Waals surface area contributed by atoms with Crippen LogP contribution in [0.15, 0.2) is 42.7 Å². The molecule has 0 saturated heterocycles. The lowest BCUT2D eigenvalue weighted by Crippen LogP contribution is -2.31. The van der Waals surface area contributed by atoms with Gasteiger partial charge in [0, 0.05) is 17.7 Å². The van der Waals surface area contributed by atoms with Gasteiger partial charge in [-0.3, -0.25) is 0 Å². The molecule has 0 aliphatic heterocycles. The fourth-order valence-corrected chi connectivity index (χ4v) is 2.11. The van der Waals surface area contributed by atoms with Gasteiger partial charge in [0.1, 0.15) is 12.1 Å². The summed E-state index contributed by atoms with van der Waals surface area (Å²) in [6, 6.07) is 12.4. The van der Waals surface area contributed by atoms with E-state index in [2.05, 4.69) is 48.1 Å². The number of fused-ring (bicyclic) bond motifs is 1. The SMILES string of the molecule is CC(Nc1cc(-c2ccccc2)nc2ncnn12)C(C)(C)C. The smallest absolute Gasteiger partial charge is 0.254 e. The third-order valence-electron chi connectivity index (χ3n) is 3.98. The molecule has 3 rings (SSSR count). The number of rotatable bonds is 3. The molecule has 0 bridgehead atoms. The van der Waals surface area contributed by atoms with Gasteiger partial charge in [0.05, 0.1) is 5.69 Å². The monoisotopic (exact) mass is 295 g/mol. The van der Waals surface area contributed by atoms with Gasteiger partial charge >= 0.3 is 0 Å². The number of aromatic nitrogens is 4. The Kier molecular flexibility index (Phi) is 3.56. The van der Waals surface area contributed by atoms with E-state index in [1.165, 1.54) is 6.33 Å². The van der Waals surface area contributed by atoms with Crippen molar-refractivity contribution in [3.63, 3.8) is 0 Å². The summed E-state index contributed by atoms with van der Waals surface area (Å²) in [7, 11) is 0. The van der Waals surface area contributed by atoms with Crippen LogP contribution in [0.5, 0.6) is 0 Å². The summed E-state index contributed by atoms with van der Waals surface area (Å²) in [4.78, 5) is 8.82. The highest BCUT2D eigenvalue weighted by molar-refractivity contribution is 5.65. The van der Waals surface area contributed by atoms with E-state index < -0.39 is 0 Å². The third-order valence-corrected chi connectivity index (χ3v) is 3.98. The van der Waals surface area contributed by atoms with E-state index in [0.29, 0.717) is 5.78 Å². The number of anilines is 1. The second-order valence-corrected chi connectivity index (χ2v) is 6.60. The van der Waals surface area contributed by atoms with Crippen LogP contribution in [-0.4, -0.2) is 25.6 Å². The number of hydrogen-bond donors (Lipinski definition) is 1. The zero-order chi connectivity index (χ0) is 15.7. The van der Waals surface area contributed by atoms with Crippen LogP contribution in [-0.2, 0) is 0 Å². The summed E-state index contributed by atoms with van der Waals surface area (Å²) >= 11 is 0. The van der Waals surface area contributed by atoms with Crippen molar-refractivity contribution < 1.29 is 0 Å². The van der Waals surface area contributed by atoms with Crippen LogP contribution >= 0.6 is 0 Å². The molecule has 5 nitrogen and oxygen atoms in total. The molecule has 1 N–H and O–H groups in total. The van der Waals surface area contributed by atoms with E-state index in [1.54, 1.807) is 4.52 Å². The van der Waals surface area contributed by atoms with Gasteiger partial charge in [0.15, 0.2) is 0 Å². The number of hydrogen-bond acceptors (Lipinski definition) is 4. The summed E-state index contributed by atoms with van der Waals surface area (Å²) < 4.78 is 1.74. The van der Waals surface area contributed by atoms with Crippen molar-refractivity contribution in [1.29, 1.82) is 0 Å². The first-order valence-electron chi connectivity index (χ1n) is 7.48. The molecule has 1 atom stereocenters. The average Bonchev–Trinajstić information content (AvgIpc) is 2.95. The van der Waals surface area contributed by atoms with Crippen LogP contribution < -0.4 is 5.32 Å². The second kappa shape index (κ2) is 5.40. The molecule has 114 valence electrons. The highest BCUT2D eigenvalue weighted by atomic mass is 15.4. The normalized spacial score (nSPS) is 13.3. The predicted molar refractivity (Wildman–Crippen MR) is 88.8 cm³/mol. The maximum absolute atomic E-state index is 4.58. The van der Waals surface area contributed by atoms with Crippen molar-refractivity contribution >= 4 is 11.6 Å². The quantitative estimate of drug-likeness (QED) is 0.801.